The molecule has 0 saturated heterocycles. The van der Waals surface area contributed by atoms with E-state index in [9.17, 15) is 4.79 Å². The van der Waals surface area contributed by atoms with Crippen LogP contribution in [0, 0.1) is 0 Å². The first-order valence-corrected chi connectivity index (χ1v) is 8.37. The number of rotatable bonds is 7. The molecule has 0 bridgehead atoms. The first-order chi connectivity index (χ1) is 12.2. The molecule has 25 heavy (non-hydrogen) atoms. The van der Waals surface area contributed by atoms with E-state index in [0.717, 1.165) is 27.8 Å². The van der Waals surface area contributed by atoms with Gasteiger partial charge in [0.2, 0.25) is 0 Å². The van der Waals surface area contributed by atoms with Crippen molar-refractivity contribution in [3.63, 3.8) is 0 Å². The van der Waals surface area contributed by atoms with Crippen molar-refractivity contribution >= 4 is 16.9 Å². The van der Waals surface area contributed by atoms with Crippen LogP contribution in [-0.4, -0.2) is 24.1 Å². The van der Waals surface area contributed by atoms with Crippen molar-refractivity contribution in [2.75, 3.05) is 13.2 Å². The Bertz CT molecular complexity index is 843. The minimum atomic E-state index is -0.488. The second-order valence-corrected chi connectivity index (χ2v) is 5.77. The van der Waals surface area contributed by atoms with Gasteiger partial charge in [0.05, 0.1) is 12.5 Å². The Kier molecular flexibility index (Phi) is 5.36. The lowest BCUT2D eigenvalue weighted by atomic mass is 9.98. The molecule has 0 saturated carbocycles. The number of nitrogens with one attached hydrogen (secondary N) is 1. The lowest BCUT2D eigenvalue weighted by Gasteiger charge is -2.13. The number of aromatic nitrogens is 1. The number of esters is 1. The van der Waals surface area contributed by atoms with E-state index < -0.39 is 5.92 Å². The highest BCUT2D eigenvalue weighted by Crippen LogP contribution is 2.29. The fourth-order valence-electron chi connectivity index (χ4n) is 2.83. The molecule has 3 rings (SSSR count). The molecule has 5 nitrogen and oxygen atoms in total. The van der Waals surface area contributed by atoms with Gasteiger partial charge < -0.3 is 20.2 Å². The highest BCUT2D eigenvalue weighted by atomic mass is 16.5. The van der Waals surface area contributed by atoms with E-state index in [0.29, 0.717) is 13.2 Å². The molecule has 0 unspecified atom stereocenters. The van der Waals surface area contributed by atoms with Crippen molar-refractivity contribution in [2.45, 2.75) is 19.4 Å². The minimum Gasteiger partial charge on any atom is -0.489 e. The third-order valence-electron chi connectivity index (χ3n) is 4.12. The Labute approximate surface area is 146 Å². The lowest BCUT2D eigenvalue weighted by molar-refractivity contribution is -0.144. The molecule has 0 radical (unpaired) electrons. The maximum atomic E-state index is 12.2. The maximum Gasteiger partial charge on any atom is 0.314 e. The molecule has 0 aliphatic carbocycles. The van der Waals surface area contributed by atoms with Gasteiger partial charge in [0.15, 0.2) is 0 Å². The molecule has 0 aliphatic rings. The summed E-state index contributed by atoms with van der Waals surface area (Å²) in [6.07, 6.45) is 1.82. The normalized spacial score (nSPS) is 12.1. The Morgan fingerprint density at radius 3 is 2.72 bits per heavy atom. The minimum absolute atomic E-state index is 0.195. The monoisotopic (exact) mass is 338 g/mol. The van der Waals surface area contributed by atoms with Crippen LogP contribution in [0.1, 0.15) is 24.0 Å². The molecule has 1 aromatic heterocycles. The van der Waals surface area contributed by atoms with Crippen LogP contribution in [0.2, 0.25) is 0 Å². The zero-order valence-corrected chi connectivity index (χ0v) is 14.2. The number of H-pyrrole nitrogens is 1. The molecule has 1 atom stereocenters. The quantitative estimate of drug-likeness (QED) is 0.648. The van der Waals surface area contributed by atoms with Crippen LogP contribution in [-0.2, 0) is 16.1 Å². The Balaban J connectivity index is 1.84. The summed E-state index contributed by atoms with van der Waals surface area (Å²) in [5.41, 5.74) is 8.68. The van der Waals surface area contributed by atoms with Crippen molar-refractivity contribution in [1.29, 1.82) is 0 Å². The molecule has 1 heterocycles. The molecular formula is C20H22N2O3. The van der Waals surface area contributed by atoms with E-state index in [1.54, 1.807) is 6.92 Å². The average molecular weight is 338 g/mol. The van der Waals surface area contributed by atoms with E-state index in [1.807, 2.05) is 54.7 Å². The zero-order chi connectivity index (χ0) is 17.6. The fourth-order valence-corrected chi connectivity index (χ4v) is 2.83. The summed E-state index contributed by atoms with van der Waals surface area (Å²) in [6, 6.07) is 15.8. The number of benzene rings is 2. The number of carbonyl (C=O) groups excluding carboxylic acids is 1. The molecule has 2 aromatic carbocycles. The van der Waals surface area contributed by atoms with Crippen LogP contribution < -0.4 is 10.5 Å². The summed E-state index contributed by atoms with van der Waals surface area (Å²) in [7, 11) is 0. The van der Waals surface area contributed by atoms with E-state index in [2.05, 4.69) is 4.98 Å². The smallest absolute Gasteiger partial charge is 0.314 e. The predicted molar refractivity (Wildman–Crippen MR) is 97.5 cm³/mol. The summed E-state index contributed by atoms with van der Waals surface area (Å²) in [4.78, 5) is 15.3. The topological polar surface area (TPSA) is 77.3 Å². The van der Waals surface area contributed by atoms with Crippen molar-refractivity contribution in [3.05, 3.63) is 65.9 Å². The number of hydrogen-bond donors (Lipinski definition) is 2. The molecule has 3 N–H and O–H groups in total. The van der Waals surface area contributed by atoms with E-state index in [4.69, 9.17) is 15.2 Å². The van der Waals surface area contributed by atoms with Gasteiger partial charge in [-0.1, -0.05) is 30.3 Å². The van der Waals surface area contributed by atoms with Crippen LogP contribution in [0.4, 0.5) is 0 Å². The summed E-state index contributed by atoms with van der Waals surface area (Å²) in [5, 5.41) is 0.925. The molecular weight excluding hydrogens is 316 g/mol. The third kappa shape index (κ3) is 3.83. The zero-order valence-electron chi connectivity index (χ0n) is 14.2. The predicted octanol–water partition coefficient (Wildman–Crippen LogP) is 3.35. The first kappa shape index (κ1) is 17.0. The number of ether oxygens (including phenoxy) is 2. The molecule has 0 amide bonds. The summed E-state index contributed by atoms with van der Waals surface area (Å²) < 4.78 is 11.0. The first-order valence-electron chi connectivity index (χ1n) is 8.37. The van der Waals surface area contributed by atoms with Crippen LogP contribution in [0.15, 0.2) is 54.7 Å². The van der Waals surface area contributed by atoms with Crippen LogP contribution >= 0.6 is 0 Å². The van der Waals surface area contributed by atoms with Gasteiger partial charge in [-0.05, 0) is 36.2 Å². The second-order valence-electron chi connectivity index (χ2n) is 5.77. The molecule has 5 heteroatoms. The van der Waals surface area contributed by atoms with Crippen LogP contribution in [0.5, 0.6) is 5.75 Å². The van der Waals surface area contributed by atoms with Gasteiger partial charge in [-0.3, -0.25) is 4.79 Å². The number of fused-ring (bicyclic) bond motifs is 1. The fraction of sp³-hybridized carbons (Fsp3) is 0.250. The molecule has 3 aromatic rings. The van der Waals surface area contributed by atoms with Gasteiger partial charge >= 0.3 is 5.97 Å². The summed E-state index contributed by atoms with van der Waals surface area (Å²) in [5.74, 6) is -0.0450. The van der Waals surface area contributed by atoms with Gasteiger partial charge in [0.25, 0.3) is 0 Å². The molecule has 130 valence electrons. The van der Waals surface area contributed by atoms with Crippen molar-refractivity contribution in [2.24, 2.45) is 5.73 Å². The van der Waals surface area contributed by atoms with Gasteiger partial charge in [0.1, 0.15) is 12.4 Å². The van der Waals surface area contributed by atoms with Gasteiger partial charge in [-0.25, -0.2) is 0 Å². The number of carbonyl (C=O) groups is 1. The van der Waals surface area contributed by atoms with Gasteiger partial charge in [0, 0.05) is 23.6 Å². The van der Waals surface area contributed by atoms with Crippen LogP contribution in [0.25, 0.3) is 10.9 Å². The Hall–Kier alpha value is -2.79. The van der Waals surface area contributed by atoms with E-state index >= 15 is 0 Å². The highest BCUT2D eigenvalue weighted by molar-refractivity contribution is 5.91. The highest BCUT2D eigenvalue weighted by Gasteiger charge is 2.23. The summed E-state index contributed by atoms with van der Waals surface area (Å²) in [6.45, 7) is 2.81. The number of aromatic amines is 1. The van der Waals surface area contributed by atoms with Crippen LogP contribution in [0.3, 0.4) is 0 Å². The Morgan fingerprint density at radius 2 is 2.00 bits per heavy atom. The van der Waals surface area contributed by atoms with Crippen molar-refractivity contribution in [3.8, 4) is 5.75 Å². The number of hydrogen-bond acceptors (Lipinski definition) is 4. The van der Waals surface area contributed by atoms with E-state index in [-0.39, 0.29) is 12.5 Å². The van der Waals surface area contributed by atoms with E-state index in [1.165, 1.54) is 0 Å². The average Bonchev–Trinajstić information content (AvgIpc) is 3.05. The SMILES string of the molecule is CCOC(=O)[C@H](CN)c1c[nH]c2ccc(OCc3ccccc3)cc12. The second kappa shape index (κ2) is 7.85. The molecule has 0 fully saturated rings. The molecule has 0 spiro atoms. The maximum absolute atomic E-state index is 12.2. The Morgan fingerprint density at radius 1 is 1.20 bits per heavy atom. The van der Waals surface area contributed by atoms with Crippen molar-refractivity contribution < 1.29 is 14.3 Å². The third-order valence-corrected chi connectivity index (χ3v) is 4.12. The van der Waals surface area contributed by atoms with Gasteiger partial charge in [-0.15, -0.1) is 0 Å². The molecule has 0 aliphatic heterocycles. The largest absolute Gasteiger partial charge is 0.489 e. The van der Waals surface area contributed by atoms with Gasteiger partial charge in [-0.2, -0.15) is 0 Å². The number of nitrogens with two attached hydrogens (primary N) is 1. The van der Waals surface area contributed by atoms with Crippen molar-refractivity contribution in [1.82, 2.24) is 4.98 Å². The standard InChI is InChI=1S/C20H22N2O3/c1-2-24-20(23)17(11-21)18-12-22-19-9-8-15(10-16(18)19)25-13-14-6-4-3-5-7-14/h3-10,12,17,22H,2,11,13,21H2,1H3/t17-/m1/s1. The lowest BCUT2D eigenvalue weighted by Crippen LogP contribution is -2.23. The summed E-state index contributed by atoms with van der Waals surface area (Å²) >= 11 is 0.